The lowest BCUT2D eigenvalue weighted by molar-refractivity contribution is -0.114. The maximum atomic E-state index is 12.5. The fourth-order valence-corrected chi connectivity index (χ4v) is 3.57. The van der Waals surface area contributed by atoms with E-state index in [1.165, 1.54) is 19.3 Å². The van der Waals surface area contributed by atoms with Crippen molar-refractivity contribution in [1.29, 1.82) is 0 Å². The van der Waals surface area contributed by atoms with E-state index in [4.69, 9.17) is 0 Å². The minimum Gasteiger partial charge on any atom is -0.376 e. The highest BCUT2D eigenvalue weighted by atomic mass is 127. The van der Waals surface area contributed by atoms with E-state index in [9.17, 15) is 9.59 Å². The van der Waals surface area contributed by atoms with Crippen molar-refractivity contribution >= 4 is 45.8 Å². The lowest BCUT2D eigenvalue weighted by Crippen LogP contribution is -2.36. The van der Waals surface area contributed by atoms with E-state index >= 15 is 0 Å². The van der Waals surface area contributed by atoms with Gasteiger partial charge in [0, 0.05) is 26.6 Å². The third-order valence-corrected chi connectivity index (χ3v) is 5.37. The molecule has 2 amide bonds. The summed E-state index contributed by atoms with van der Waals surface area (Å²) in [7, 11) is 0. The van der Waals surface area contributed by atoms with Gasteiger partial charge in [0.2, 0.25) is 5.91 Å². The Bertz CT molecular complexity index is 786. The van der Waals surface area contributed by atoms with Gasteiger partial charge in [0.05, 0.1) is 6.54 Å². The number of anilines is 2. The molecule has 1 saturated carbocycles. The molecule has 0 unspecified atom stereocenters. The molecule has 2 aromatic carbocycles. The number of halogens is 1. The van der Waals surface area contributed by atoms with Crippen LogP contribution in [0.4, 0.5) is 11.4 Å². The van der Waals surface area contributed by atoms with Gasteiger partial charge in [0.1, 0.15) is 0 Å². The van der Waals surface area contributed by atoms with Crippen molar-refractivity contribution in [3.8, 4) is 0 Å². The summed E-state index contributed by atoms with van der Waals surface area (Å²) >= 11 is 2.24. The van der Waals surface area contributed by atoms with Gasteiger partial charge in [0.25, 0.3) is 5.91 Å². The molecule has 1 fully saturated rings. The average molecular weight is 477 g/mol. The van der Waals surface area contributed by atoms with E-state index < -0.39 is 0 Å². The number of rotatable bonds is 6. The van der Waals surface area contributed by atoms with Crippen molar-refractivity contribution in [2.45, 2.75) is 38.1 Å². The van der Waals surface area contributed by atoms with Crippen molar-refractivity contribution in [3.63, 3.8) is 0 Å². The number of nitrogens with one attached hydrogen (secondary N) is 3. The SMILES string of the molecule is O=C(CNc1ccc(I)cc1)Nc1cccc(C(=O)NC2CCCCC2)c1. The molecule has 0 aliphatic heterocycles. The molecule has 2 aromatic rings. The van der Waals surface area contributed by atoms with E-state index in [0.717, 1.165) is 22.1 Å². The molecule has 1 aliphatic rings. The highest BCUT2D eigenvalue weighted by Gasteiger charge is 2.17. The second-order valence-corrected chi connectivity index (χ2v) is 8.04. The fourth-order valence-electron chi connectivity index (χ4n) is 3.21. The monoisotopic (exact) mass is 477 g/mol. The normalized spacial score (nSPS) is 14.4. The standard InChI is InChI=1S/C21H24IN3O2/c22-16-9-11-17(12-10-16)23-14-20(26)24-19-8-4-5-15(13-19)21(27)25-18-6-2-1-3-7-18/h4-5,8-13,18,23H,1-3,6-7,14H2,(H,24,26)(H,25,27). The first-order valence-corrected chi connectivity index (χ1v) is 10.4. The Balaban J connectivity index is 1.52. The lowest BCUT2D eigenvalue weighted by atomic mass is 9.95. The smallest absolute Gasteiger partial charge is 0.251 e. The summed E-state index contributed by atoms with van der Waals surface area (Å²) in [6.45, 7) is 0.166. The minimum atomic E-state index is -0.154. The number of amides is 2. The zero-order valence-electron chi connectivity index (χ0n) is 15.1. The van der Waals surface area contributed by atoms with E-state index in [-0.39, 0.29) is 24.4 Å². The average Bonchev–Trinajstić information content (AvgIpc) is 2.68. The largest absolute Gasteiger partial charge is 0.376 e. The summed E-state index contributed by atoms with van der Waals surface area (Å²) in [5, 5.41) is 9.03. The topological polar surface area (TPSA) is 70.2 Å². The van der Waals surface area contributed by atoms with Gasteiger partial charge in [-0.15, -0.1) is 0 Å². The Hall–Kier alpha value is -2.09. The first kappa shape index (κ1) is 19.7. The molecule has 3 N–H and O–H groups in total. The van der Waals surface area contributed by atoms with Gasteiger partial charge in [-0.2, -0.15) is 0 Å². The number of hydrogen-bond acceptors (Lipinski definition) is 3. The summed E-state index contributed by atoms with van der Waals surface area (Å²) < 4.78 is 1.14. The third kappa shape index (κ3) is 6.23. The van der Waals surface area contributed by atoms with Gasteiger partial charge in [-0.1, -0.05) is 25.3 Å². The number of hydrogen-bond donors (Lipinski definition) is 3. The molecular weight excluding hydrogens is 453 g/mol. The van der Waals surface area contributed by atoms with Crippen LogP contribution >= 0.6 is 22.6 Å². The molecule has 3 rings (SSSR count). The van der Waals surface area contributed by atoms with Crippen molar-refractivity contribution < 1.29 is 9.59 Å². The molecule has 142 valence electrons. The van der Waals surface area contributed by atoms with Crippen LogP contribution in [0.25, 0.3) is 0 Å². The maximum Gasteiger partial charge on any atom is 0.251 e. The van der Waals surface area contributed by atoms with Crippen LogP contribution in [-0.4, -0.2) is 24.4 Å². The van der Waals surface area contributed by atoms with Gasteiger partial charge in [-0.05, 0) is 77.9 Å². The molecule has 0 spiro atoms. The van der Waals surface area contributed by atoms with Gasteiger partial charge in [0.15, 0.2) is 0 Å². The van der Waals surface area contributed by atoms with Crippen LogP contribution in [0, 0.1) is 3.57 Å². The Morgan fingerprint density at radius 3 is 2.44 bits per heavy atom. The lowest BCUT2D eigenvalue weighted by Gasteiger charge is -2.22. The molecule has 0 saturated heterocycles. The molecule has 0 heterocycles. The molecule has 6 heteroatoms. The van der Waals surface area contributed by atoms with Gasteiger partial charge in [-0.25, -0.2) is 0 Å². The van der Waals surface area contributed by atoms with Crippen LogP contribution in [0.15, 0.2) is 48.5 Å². The molecule has 27 heavy (non-hydrogen) atoms. The molecule has 0 atom stereocenters. The Labute approximate surface area is 173 Å². The maximum absolute atomic E-state index is 12.5. The van der Waals surface area contributed by atoms with Crippen LogP contribution < -0.4 is 16.0 Å². The van der Waals surface area contributed by atoms with Gasteiger partial charge in [-0.3, -0.25) is 9.59 Å². The minimum absolute atomic E-state index is 0.0741. The summed E-state index contributed by atoms with van der Waals surface area (Å²) in [4.78, 5) is 24.6. The van der Waals surface area contributed by atoms with Gasteiger partial charge < -0.3 is 16.0 Å². The van der Waals surface area contributed by atoms with Crippen LogP contribution in [-0.2, 0) is 4.79 Å². The Morgan fingerprint density at radius 1 is 0.963 bits per heavy atom. The summed E-state index contributed by atoms with van der Waals surface area (Å²) in [5.41, 5.74) is 2.09. The molecule has 0 radical (unpaired) electrons. The quantitative estimate of drug-likeness (QED) is 0.541. The number of carbonyl (C=O) groups excluding carboxylic acids is 2. The predicted octanol–water partition coefficient (Wildman–Crippen LogP) is 4.40. The molecule has 1 aliphatic carbocycles. The van der Waals surface area contributed by atoms with Gasteiger partial charge >= 0.3 is 0 Å². The van der Waals surface area contributed by atoms with Crippen LogP contribution in [0.3, 0.4) is 0 Å². The summed E-state index contributed by atoms with van der Waals surface area (Å²) in [5.74, 6) is -0.228. The van der Waals surface area contributed by atoms with Crippen molar-refractivity contribution in [2.75, 3.05) is 17.2 Å². The van der Waals surface area contributed by atoms with Crippen LogP contribution in [0.1, 0.15) is 42.5 Å². The fraction of sp³-hybridized carbons (Fsp3) is 0.333. The molecule has 5 nitrogen and oxygen atoms in total. The molecular formula is C21H24IN3O2. The highest BCUT2D eigenvalue weighted by Crippen LogP contribution is 2.18. The zero-order chi connectivity index (χ0) is 19.1. The third-order valence-electron chi connectivity index (χ3n) is 4.65. The van der Waals surface area contributed by atoms with Crippen LogP contribution in [0.5, 0.6) is 0 Å². The van der Waals surface area contributed by atoms with Crippen molar-refractivity contribution in [2.24, 2.45) is 0 Å². The molecule has 0 bridgehead atoms. The summed E-state index contributed by atoms with van der Waals surface area (Å²) in [6.07, 6.45) is 5.70. The Morgan fingerprint density at radius 2 is 1.70 bits per heavy atom. The first-order chi connectivity index (χ1) is 13.1. The van der Waals surface area contributed by atoms with E-state index in [1.807, 2.05) is 24.3 Å². The Kier molecular flexibility index (Phi) is 7.09. The number of benzene rings is 2. The molecule has 0 aromatic heterocycles. The first-order valence-electron chi connectivity index (χ1n) is 9.30. The predicted molar refractivity (Wildman–Crippen MR) is 117 cm³/mol. The second kappa shape index (κ2) is 9.73. The van der Waals surface area contributed by atoms with E-state index in [0.29, 0.717) is 11.3 Å². The van der Waals surface area contributed by atoms with Crippen LogP contribution in [0.2, 0.25) is 0 Å². The van der Waals surface area contributed by atoms with Crippen molar-refractivity contribution in [3.05, 3.63) is 57.7 Å². The zero-order valence-corrected chi connectivity index (χ0v) is 17.3. The van der Waals surface area contributed by atoms with E-state index in [2.05, 4.69) is 38.5 Å². The summed E-state index contributed by atoms with van der Waals surface area (Å²) in [6, 6.07) is 15.2. The second-order valence-electron chi connectivity index (χ2n) is 6.80. The highest BCUT2D eigenvalue weighted by molar-refractivity contribution is 14.1. The number of carbonyl (C=O) groups is 2. The van der Waals surface area contributed by atoms with Crippen molar-refractivity contribution in [1.82, 2.24) is 5.32 Å². The van der Waals surface area contributed by atoms with E-state index in [1.54, 1.807) is 24.3 Å².